The van der Waals surface area contributed by atoms with E-state index in [1.165, 1.54) is 12.1 Å². The van der Waals surface area contributed by atoms with Crippen molar-refractivity contribution in [2.24, 2.45) is 0 Å². The van der Waals surface area contributed by atoms with Crippen molar-refractivity contribution in [1.82, 2.24) is 0 Å². The number of aryl methyl sites for hydroxylation is 1. The van der Waals surface area contributed by atoms with E-state index < -0.39 is 17.7 Å². The van der Waals surface area contributed by atoms with Gasteiger partial charge < -0.3 is 10.4 Å². The first-order valence-electron chi connectivity index (χ1n) is 6.98. The lowest BCUT2D eigenvalue weighted by Crippen LogP contribution is -2.14. The molecular formula is C17H17F2NO2. The maximum atomic E-state index is 13.5. The fourth-order valence-corrected chi connectivity index (χ4v) is 2.18. The Labute approximate surface area is 127 Å². The first-order chi connectivity index (χ1) is 10.5. The number of nitrogens with one attached hydrogen (secondary N) is 1. The zero-order valence-corrected chi connectivity index (χ0v) is 12.1. The van der Waals surface area contributed by atoms with Gasteiger partial charge in [0.05, 0.1) is 6.10 Å². The van der Waals surface area contributed by atoms with Crippen LogP contribution >= 0.6 is 0 Å². The van der Waals surface area contributed by atoms with Gasteiger partial charge >= 0.3 is 0 Å². The summed E-state index contributed by atoms with van der Waals surface area (Å²) >= 11 is 0. The second kappa shape index (κ2) is 7.13. The van der Waals surface area contributed by atoms with E-state index in [0.29, 0.717) is 11.3 Å². The Morgan fingerprint density at radius 2 is 1.91 bits per heavy atom. The predicted octanol–water partition coefficient (Wildman–Crippen LogP) is 3.59. The molecule has 2 rings (SSSR count). The molecule has 0 aromatic heterocycles. The summed E-state index contributed by atoms with van der Waals surface area (Å²) in [6.45, 7) is 1.60. The molecule has 0 radical (unpaired) electrons. The predicted molar refractivity (Wildman–Crippen MR) is 80.4 cm³/mol. The van der Waals surface area contributed by atoms with Crippen molar-refractivity contribution >= 4 is 11.6 Å². The van der Waals surface area contributed by atoms with Gasteiger partial charge in [0.1, 0.15) is 0 Å². The molecule has 0 saturated heterocycles. The highest BCUT2D eigenvalue weighted by molar-refractivity contribution is 5.91. The molecule has 5 heteroatoms. The van der Waals surface area contributed by atoms with Crippen LogP contribution in [0.4, 0.5) is 14.5 Å². The minimum Gasteiger partial charge on any atom is -0.389 e. The Morgan fingerprint density at radius 3 is 2.64 bits per heavy atom. The van der Waals surface area contributed by atoms with E-state index in [1.807, 2.05) is 0 Å². The topological polar surface area (TPSA) is 49.3 Å². The van der Waals surface area contributed by atoms with Gasteiger partial charge in [0.15, 0.2) is 11.6 Å². The first kappa shape index (κ1) is 16.1. The minimum absolute atomic E-state index is 0.0223. The highest BCUT2D eigenvalue weighted by atomic mass is 19.2. The molecule has 22 heavy (non-hydrogen) atoms. The lowest BCUT2D eigenvalue weighted by atomic mass is 10.1. The summed E-state index contributed by atoms with van der Waals surface area (Å²) in [7, 11) is 0. The van der Waals surface area contributed by atoms with Crippen LogP contribution in [0.25, 0.3) is 0 Å². The summed E-state index contributed by atoms with van der Waals surface area (Å²) in [5.74, 6) is -2.16. The van der Waals surface area contributed by atoms with E-state index in [1.54, 1.807) is 31.2 Å². The monoisotopic (exact) mass is 305 g/mol. The zero-order valence-electron chi connectivity index (χ0n) is 12.1. The molecule has 0 fully saturated rings. The molecule has 2 aromatic carbocycles. The van der Waals surface area contributed by atoms with Crippen molar-refractivity contribution in [3.8, 4) is 0 Å². The van der Waals surface area contributed by atoms with Crippen molar-refractivity contribution in [1.29, 1.82) is 0 Å². The van der Waals surface area contributed by atoms with Crippen molar-refractivity contribution in [2.45, 2.75) is 25.9 Å². The third-order valence-corrected chi connectivity index (χ3v) is 3.34. The summed E-state index contributed by atoms with van der Waals surface area (Å²) in [5.41, 5.74) is 1.29. The first-order valence-corrected chi connectivity index (χ1v) is 6.98. The van der Waals surface area contributed by atoms with Crippen molar-refractivity contribution in [3.05, 3.63) is 65.2 Å². The maximum absolute atomic E-state index is 13.5. The molecular weight excluding hydrogens is 288 g/mol. The van der Waals surface area contributed by atoms with Crippen LogP contribution < -0.4 is 5.32 Å². The molecule has 2 aromatic rings. The Bertz CT molecular complexity index is 671. The molecule has 0 heterocycles. The third-order valence-electron chi connectivity index (χ3n) is 3.34. The van der Waals surface area contributed by atoms with E-state index in [0.717, 1.165) is 6.07 Å². The summed E-state index contributed by atoms with van der Waals surface area (Å²) in [5, 5.41) is 12.3. The molecule has 1 unspecified atom stereocenters. The molecule has 1 amide bonds. The van der Waals surface area contributed by atoms with Crippen LogP contribution in [-0.4, -0.2) is 11.0 Å². The number of carbonyl (C=O) groups is 1. The Balaban J connectivity index is 2.01. The number of para-hydroxylation sites is 1. The lowest BCUT2D eigenvalue weighted by molar-refractivity contribution is -0.116. The number of hydrogen-bond acceptors (Lipinski definition) is 2. The Morgan fingerprint density at radius 1 is 1.18 bits per heavy atom. The number of halogens is 2. The zero-order chi connectivity index (χ0) is 16.1. The molecule has 0 bridgehead atoms. The quantitative estimate of drug-likeness (QED) is 0.887. The second-order valence-corrected chi connectivity index (χ2v) is 5.02. The number of carbonyl (C=O) groups excluding carboxylic acids is 1. The summed E-state index contributed by atoms with van der Waals surface area (Å²) in [4.78, 5) is 11.9. The van der Waals surface area contributed by atoms with Gasteiger partial charge in [-0.3, -0.25) is 4.79 Å². The maximum Gasteiger partial charge on any atom is 0.224 e. The third kappa shape index (κ3) is 3.89. The summed E-state index contributed by atoms with van der Waals surface area (Å²) in [6.07, 6.45) is -0.585. The van der Waals surface area contributed by atoms with Crippen LogP contribution in [0.15, 0.2) is 42.5 Å². The van der Waals surface area contributed by atoms with Crippen LogP contribution in [0, 0.1) is 11.6 Å². The Kier molecular flexibility index (Phi) is 5.22. The second-order valence-electron chi connectivity index (χ2n) is 5.02. The van der Waals surface area contributed by atoms with Crippen LogP contribution in [0.5, 0.6) is 0 Å². The largest absolute Gasteiger partial charge is 0.389 e. The van der Waals surface area contributed by atoms with Crippen molar-refractivity contribution < 1.29 is 18.7 Å². The minimum atomic E-state index is -0.919. The molecule has 0 aliphatic rings. The molecule has 0 aliphatic carbocycles. The standard InChI is InChI=1S/C17H17F2NO2/c1-11(21)13-6-2-3-8-15(13)20-16(22)10-9-12-5-4-7-14(18)17(12)19/h2-8,11,21H,9-10H2,1H3,(H,20,22). The average molecular weight is 305 g/mol. The summed E-state index contributed by atoms with van der Waals surface area (Å²) in [6, 6.07) is 10.8. The van der Waals surface area contributed by atoms with Crippen molar-refractivity contribution in [2.75, 3.05) is 5.32 Å². The molecule has 116 valence electrons. The molecule has 3 nitrogen and oxygen atoms in total. The van der Waals surface area contributed by atoms with Gasteiger partial charge in [-0.25, -0.2) is 8.78 Å². The molecule has 0 spiro atoms. The van der Waals surface area contributed by atoms with E-state index in [4.69, 9.17) is 0 Å². The number of amides is 1. The Hall–Kier alpha value is -2.27. The van der Waals surface area contributed by atoms with Crippen LogP contribution in [0.3, 0.4) is 0 Å². The SMILES string of the molecule is CC(O)c1ccccc1NC(=O)CCc1cccc(F)c1F. The smallest absolute Gasteiger partial charge is 0.224 e. The highest BCUT2D eigenvalue weighted by Crippen LogP contribution is 2.22. The van der Waals surface area contributed by atoms with Gasteiger partial charge in [0.2, 0.25) is 5.91 Å². The van der Waals surface area contributed by atoms with E-state index in [2.05, 4.69) is 5.32 Å². The number of rotatable bonds is 5. The average Bonchev–Trinajstić information content (AvgIpc) is 2.49. The fourth-order valence-electron chi connectivity index (χ4n) is 2.18. The molecule has 0 aliphatic heterocycles. The van der Waals surface area contributed by atoms with Crippen LogP contribution in [0.2, 0.25) is 0 Å². The number of aliphatic hydroxyl groups is 1. The fraction of sp³-hybridized carbons (Fsp3) is 0.235. The van der Waals surface area contributed by atoms with Gasteiger partial charge in [-0.15, -0.1) is 0 Å². The van der Waals surface area contributed by atoms with Gasteiger partial charge in [-0.2, -0.15) is 0 Å². The number of hydrogen-bond donors (Lipinski definition) is 2. The highest BCUT2D eigenvalue weighted by Gasteiger charge is 2.12. The van der Waals surface area contributed by atoms with E-state index >= 15 is 0 Å². The van der Waals surface area contributed by atoms with Crippen LogP contribution in [-0.2, 0) is 11.2 Å². The number of aliphatic hydroxyl groups excluding tert-OH is 1. The number of anilines is 1. The van der Waals surface area contributed by atoms with Gasteiger partial charge in [-0.05, 0) is 31.0 Å². The molecule has 0 saturated carbocycles. The normalized spacial score (nSPS) is 12.0. The van der Waals surface area contributed by atoms with Gasteiger partial charge in [0, 0.05) is 17.7 Å². The lowest BCUT2D eigenvalue weighted by Gasteiger charge is -2.13. The van der Waals surface area contributed by atoms with Gasteiger partial charge in [-0.1, -0.05) is 30.3 Å². The number of benzene rings is 2. The summed E-state index contributed by atoms with van der Waals surface area (Å²) < 4.78 is 26.6. The van der Waals surface area contributed by atoms with E-state index in [-0.39, 0.29) is 24.3 Å². The van der Waals surface area contributed by atoms with Crippen LogP contribution in [0.1, 0.15) is 30.6 Å². The molecule has 2 N–H and O–H groups in total. The molecule has 1 atom stereocenters. The van der Waals surface area contributed by atoms with E-state index in [9.17, 15) is 18.7 Å². The van der Waals surface area contributed by atoms with Crippen molar-refractivity contribution in [3.63, 3.8) is 0 Å². The van der Waals surface area contributed by atoms with Gasteiger partial charge in [0.25, 0.3) is 0 Å².